The number of nitrogens with one attached hydrogen (secondary N) is 3. The number of carbonyl (C=O) groups excluding carboxylic acids is 2. The van der Waals surface area contributed by atoms with Crippen molar-refractivity contribution in [3.8, 4) is 5.75 Å². The van der Waals surface area contributed by atoms with Gasteiger partial charge in [0.05, 0.1) is 12.7 Å². The lowest BCUT2D eigenvalue weighted by Gasteiger charge is -2.21. The van der Waals surface area contributed by atoms with Gasteiger partial charge in [0.15, 0.2) is 0 Å². The van der Waals surface area contributed by atoms with Gasteiger partial charge in [-0.3, -0.25) is 4.79 Å². The summed E-state index contributed by atoms with van der Waals surface area (Å²) in [4.78, 5) is 24.2. The maximum Gasteiger partial charge on any atom is 0.328 e. The molecule has 3 N–H and O–H groups in total. The molecule has 0 atom stereocenters. The minimum absolute atomic E-state index is 0.0653. The van der Waals surface area contributed by atoms with Gasteiger partial charge in [0.1, 0.15) is 10.6 Å². The summed E-state index contributed by atoms with van der Waals surface area (Å²) in [6, 6.07) is 9.50. The van der Waals surface area contributed by atoms with Gasteiger partial charge < -0.3 is 15.4 Å². The second kappa shape index (κ2) is 10.4. The van der Waals surface area contributed by atoms with Gasteiger partial charge in [-0.15, -0.1) is 0 Å². The summed E-state index contributed by atoms with van der Waals surface area (Å²) in [5.74, 6) is 0.201. The highest BCUT2D eigenvalue weighted by atomic mass is 79.9. The number of methoxy groups -OCH3 is 1. The van der Waals surface area contributed by atoms with Crippen molar-refractivity contribution in [2.75, 3.05) is 20.7 Å². The molecule has 0 aliphatic rings. The average Bonchev–Trinajstić information content (AvgIpc) is 2.73. The first kappa shape index (κ1) is 25.7. The van der Waals surface area contributed by atoms with E-state index < -0.39 is 16.1 Å². The number of amides is 3. The molecule has 10 heteroatoms. The summed E-state index contributed by atoms with van der Waals surface area (Å²) in [5, 5.41) is 5.06. The Bertz CT molecular complexity index is 1110. The fourth-order valence-electron chi connectivity index (χ4n) is 2.90. The van der Waals surface area contributed by atoms with Crippen LogP contribution in [-0.4, -0.2) is 41.1 Å². The first-order valence-electron chi connectivity index (χ1n) is 9.88. The molecule has 0 bridgehead atoms. The summed E-state index contributed by atoms with van der Waals surface area (Å²) in [7, 11) is -1.21. The van der Waals surface area contributed by atoms with E-state index in [0.29, 0.717) is 27.8 Å². The smallest absolute Gasteiger partial charge is 0.328 e. The minimum Gasteiger partial charge on any atom is -0.496 e. The Morgan fingerprint density at radius 1 is 1.09 bits per heavy atom. The molecule has 3 amide bonds. The number of urea groups is 1. The van der Waals surface area contributed by atoms with Crippen LogP contribution in [0.4, 0.5) is 4.79 Å². The van der Waals surface area contributed by atoms with Gasteiger partial charge in [-0.05, 0) is 63.2 Å². The summed E-state index contributed by atoms with van der Waals surface area (Å²) in [6.07, 6.45) is 0.392. The van der Waals surface area contributed by atoms with Gasteiger partial charge in [-0.2, -0.15) is 0 Å². The Hall–Kier alpha value is -2.59. The molecule has 0 saturated heterocycles. The SMILES string of the molecule is CNC(=O)NS(=O)(=O)c1cc(CCNC(=O)c2cc(C(C)(C)C)ccc2OC)ccc1Br. The van der Waals surface area contributed by atoms with E-state index in [1.807, 2.05) is 16.9 Å². The number of hydrogen-bond acceptors (Lipinski definition) is 5. The molecule has 0 fully saturated rings. The van der Waals surface area contributed by atoms with Crippen LogP contribution in [0.2, 0.25) is 0 Å². The molecule has 0 aliphatic carbocycles. The molecule has 0 spiro atoms. The van der Waals surface area contributed by atoms with E-state index in [-0.39, 0.29) is 22.8 Å². The van der Waals surface area contributed by atoms with Gasteiger partial charge in [0.2, 0.25) is 0 Å². The number of hydrogen-bond donors (Lipinski definition) is 3. The number of carbonyl (C=O) groups is 2. The Morgan fingerprint density at radius 2 is 1.78 bits per heavy atom. The molecule has 0 saturated carbocycles. The van der Waals surface area contributed by atoms with Crippen LogP contribution in [-0.2, 0) is 21.9 Å². The predicted octanol–water partition coefficient (Wildman–Crippen LogP) is 3.35. The van der Waals surface area contributed by atoms with E-state index in [4.69, 9.17) is 4.74 Å². The molecule has 2 rings (SSSR count). The van der Waals surface area contributed by atoms with Crippen LogP contribution in [0.5, 0.6) is 5.75 Å². The lowest BCUT2D eigenvalue weighted by molar-refractivity contribution is 0.0951. The number of halogens is 1. The van der Waals surface area contributed by atoms with Gasteiger partial charge in [0.25, 0.3) is 15.9 Å². The molecule has 0 radical (unpaired) electrons. The first-order chi connectivity index (χ1) is 14.9. The highest BCUT2D eigenvalue weighted by Gasteiger charge is 2.21. The summed E-state index contributed by atoms with van der Waals surface area (Å²) in [6.45, 7) is 6.48. The van der Waals surface area contributed by atoms with Crippen LogP contribution >= 0.6 is 15.9 Å². The molecule has 174 valence electrons. The van der Waals surface area contributed by atoms with Crippen molar-refractivity contribution in [2.24, 2.45) is 0 Å². The predicted molar refractivity (Wildman–Crippen MR) is 127 cm³/mol. The maximum atomic E-state index is 12.8. The van der Waals surface area contributed by atoms with E-state index >= 15 is 0 Å². The third-order valence-electron chi connectivity index (χ3n) is 4.75. The molecule has 2 aromatic carbocycles. The molecular weight excluding hydrogens is 498 g/mol. The second-order valence-corrected chi connectivity index (χ2v) is 10.6. The lowest BCUT2D eigenvalue weighted by atomic mass is 9.86. The largest absolute Gasteiger partial charge is 0.496 e. The van der Waals surface area contributed by atoms with Crippen LogP contribution in [0.15, 0.2) is 45.8 Å². The van der Waals surface area contributed by atoms with Crippen LogP contribution in [0.3, 0.4) is 0 Å². The van der Waals surface area contributed by atoms with E-state index in [9.17, 15) is 18.0 Å². The van der Waals surface area contributed by atoms with Crippen LogP contribution in [0.25, 0.3) is 0 Å². The highest BCUT2D eigenvalue weighted by molar-refractivity contribution is 9.10. The van der Waals surface area contributed by atoms with Crippen molar-refractivity contribution in [2.45, 2.75) is 37.5 Å². The maximum absolute atomic E-state index is 12.8. The van der Waals surface area contributed by atoms with Crippen LogP contribution in [0.1, 0.15) is 42.3 Å². The second-order valence-electron chi connectivity index (χ2n) is 8.12. The first-order valence-corrected chi connectivity index (χ1v) is 12.2. The lowest BCUT2D eigenvalue weighted by Crippen LogP contribution is -2.37. The van der Waals surface area contributed by atoms with Crippen molar-refractivity contribution in [1.29, 1.82) is 0 Å². The zero-order valence-electron chi connectivity index (χ0n) is 18.7. The molecule has 2 aromatic rings. The number of ether oxygens (including phenoxy) is 1. The summed E-state index contributed by atoms with van der Waals surface area (Å²) in [5.41, 5.74) is 2.01. The number of sulfonamides is 1. The van der Waals surface area contributed by atoms with E-state index in [1.54, 1.807) is 18.2 Å². The minimum atomic E-state index is -4.05. The molecule has 0 unspecified atom stereocenters. The third-order valence-corrected chi connectivity index (χ3v) is 7.07. The normalized spacial score (nSPS) is 11.6. The van der Waals surface area contributed by atoms with E-state index in [1.165, 1.54) is 20.2 Å². The van der Waals surface area contributed by atoms with Crippen molar-refractivity contribution in [3.05, 3.63) is 57.6 Å². The fourth-order valence-corrected chi connectivity index (χ4v) is 4.88. The molecule has 32 heavy (non-hydrogen) atoms. The zero-order chi connectivity index (χ0) is 24.1. The topological polar surface area (TPSA) is 114 Å². The Morgan fingerprint density at radius 3 is 2.38 bits per heavy atom. The van der Waals surface area contributed by atoms with Crippen molar-refractivity contribution in [3.63, 3.8) is 0 Å². The Labute approximate surface area is 197 Å². The third kappa shape index (κ3) is 6.46. The van der Waals surface area contributed by atoms with Crippen LogP contribution in [0, 0.1) is 0 Å². The Kier molecular flexibility index (Phi) is 8.30. The van der Waals surface area contributed by atoms with Gasteiger partial charge in [0, 0.05) is 18.1 Å². The molecule has 0 heterocycles. The fraction of sp³-hybridized carbons (Fsp3) is 0.364. The van der Waals surface area contributed by atoms with E-state index in [2.05, 4.69) is 47.3 Å². The van der Waals surface area contributed by atoms with E-state index in [0.717, 1.165) is 5.56 Å². The monoisotopic (exact) mass is 525 g/mol. The number of rotatable bonds is 7. The number of benzene rings is 2. The van der Waals surface area contributed by atoms with Gasteiger partial charge in [-0.1, -0.05) is 32.9 Å². The molecule has 0 aromatic heterocycles. The molecule has 0 aliphatic heterocycles. The summed E-state index contributed by atoms with van der Waals surface area (Å²) < 4.78 is 32.5. The quantitative estimate of drug-likeness (QED) is 0.512. The van der Waals surface area contributed by atoms with Gasteiger partial charge in [-0.25, -0.2) is 17.9 Å². The summed E-state index contributed by atoms with van der Waals surface area (Å²) >= 11 is 3.20. The van der Waals surface area contributed by atoms with Crippen molar-refractivity contribution >= 4 is 37.9 Å². The van der Waals surface area contributed by atoms with Crippen molar-refractivity contribution in [1.82, 2.24) is 15.4 Å². The van der Waals surface area contributed by atoms with Gasteiger partial charge >= 0.3 is 6.03 Å². The van der Waals surface area contributed by atoms with Crippen molar-refractivity contribution < 1.29 is 22.7 Å². The highest BCUT2D eigenvalue weighted by Crippen LogP contribution is 2.28. The average molecular weight is 526 g/mol. The molecular formula is C22H28BrN3O5S. The molecule has 8 nitrogen and oxygen atoms in total. The van der Waals surface area contributed by atoms with Crippen LogP contribution < -0.4 is 20.1 Å². The Balaban J connectivity index is 2.14. The zero-order valence-corrected chi connectivity index (χ0v) is 21.1. The standard InChI is InChI=1S/C22H28BrN3O5S/c1-22(2,3)15-7-9-18(31-5)16(13-15)20(27)25-11-10-14-6-8-17(23)19(12-14)32(29,30)26-21(28)24-4/h6-9,12-13H,10-11H2,1-5H3,(H,25,27)(H2,24,26,28).